The fourth-order valence-electron chi connectivity index (χ4n) is 7.33. The second-order valence-corrected chi connectivity index (χ2v) is 20.8. The summed E-state index contributed by atoms with van der Waals surface area (Å²) in [4.78, 5) is 50.9. The van der Waals surface area contributed by atoms with Gasteiger partial charge in [-0.2, -0.15) is 10.5 Å². The topological polar surface area (TPSA) is 182 Å². The number of nitrogens with zero attached hydrogens (tertiary/aromatic N) is 5. The van der Waals surface area contributed by atoms with E-state index in [4.69, 9.17) is 31.0 Å². The molecule has 0 unspecified atom stereocenters. The molecule has 1 saturated heterocycles. The number of amides is 2. The molecular weight excluding hydrogens is 892 g/mol. The highest BCUT2D eigenvalue weighted by Crippen LogP contribution is 2.40. The molecule has 5 rings (SSSR count). The van der Waals surface area contributed by atoms with E-state index in [1.807, 2.05) is 53.9 Å². The Balaban J connectivity index is 1.19. The van der Waals surface area contributed by atoms with Crippen molar-refractivity contribution >= 4 is 58.5 Å². The third kappa shape index (κ3) is 15.5. The lowest BCUT2D eigenvalue weighted by Gasteiger charge is -2.24. The number of hydrogen-bond donors (Lipinski definition) is 3. The van der Waals surface area contributed by atoms with Gasteiger partial charge in [-0.25, -0.2) is 19.6 Å². The number of carbonyl (C=O) groups excluding carboxylic acids is 3. The van der Waals surface area contributed by atoms with Crippen molar-refractivity contribution in [1.29, 1.82) is 10.5 Å². The van der Waals surface area contributed by atoms with E-state index in [1.54, 1.807) is 39.0 Å². The molecule has 2 aromatic heterocycles. The largest absolute Gasteiger partial charge is 0.464 e. The second kappa shape index (κ2) is 23.7. The third-order valence-electron chi connectivity index (χ3n) is 10.4. The van der Waals surface area contributed by atoms with Crippen molar-refractivity contribution in [2.75, 3.05) is 31.1 Å². The van der Waals surface area contributed by atoms with Crippen LogP contribution in [0.1, 0.15) is 109 Å². The van der Waals surface area contributed by atoms with Gasteiger partial charge in [0.1, 0.15) is 51.2 Å². The summed E-state index contributed by atoms with van der Waals surface area (Å²) >= 11 is 9.06. The van der Waals surface area contributed by atoms with Crippen molar-refractivity contribution in [2.45, 2.75) is 122 Å². The van der Waals surface area contributed by atoms with Gasteiger partial charge in [-0.05, 0) is 101 Å². The Kier molecular flexibility index (Phi) is 18.5. The molecule has 350 valence electrons. The molecule has 16 heteroatoms. The maximum atomic E-state index is 13.4. The first-order valence-electron chi connectivity index (χ1n) is 22.3. The molecule has 0 aliphatic carbocycles. The summed E-state index contributed by atoms with van der Waals surface area (Å²) in [5.74, 6) is -0.0399. The summed E-state index contributed by atoms with van der Waals surface area (Å²) < 4.78 is 11.0. The Morgan fingerprint density at radius 1 is 0.939 bits per heavy atom. The van der Waals surface area contributed by atoms with E-state index >= 15 is 0 Å². The van der Waals surface area contributed by atoms with Gasteiger partial charge in [0.2, 0.25) is 5.91 Å². The van der Waals surface area contributed by atoms with E-state index in [2.05, 4.69) is 60.3 Å². The second-order valence-electron chi connectivity index (χ2n) is 18.5. The molecule has 0 saturated carbocycles. The number of aryl methyl sites for hydroxylation is 1. The predicted molar refractivity (Wildman–Crippen MR) is 263 cm³/mol. The number of rotatable bonds is 20. The van der Waals surface area contributed by atoms with Crippen LogP contribution in [0.5, 0.6) is 0 Å². The highest BCUT2D eigenvalue weighted by molar-refractivity contribution is 7.98. The van der Waals surface area contributed by atoms with Gasteiger partial charge < -0.3 is 30.3 Å². The summed E-state index contributed by atoms with van der Waals surface area (Å²) in [6, 6.07) is 18.1. The summed E-state index contributed by atoms with van der Waals surface area (Å²) in [6.45, 7) is 19.5. The number of halogens is 1. The number of thioether (sulfide) groups is 1. The lowest BCUT2D eigenvalue weighted by molar-refractivity contribution is -0.147. The molecule has 0 radical (unpaired) electrons. The van der Waals surface area contributed by atoms with Crippen LogP contribution in [-0.2, 0) is 31.2 Å². The highest BCUT2D eigenvalue weighted by Gasteiger charge is 2.29. The molecule has 1 aliphatic rings. The fraction of sp³-hybridized carbons (Fsp3) is 0.460. The summed E-state index contributed by atoms with van der Waals surface area (Å²) in [5, 5.41) is 33.9. The molecule has 2 atom stereocenters. The first kappa shape index (κ1) is 51.4. The molecule has 0 bridgehead atoms. The quantitative estimate of drug-likeness (QED) is 0.0434. The molecule has 4 aromatic rings. The van der Waals surface area contributed by atoms with Crippen molar-refractivity contribution in [2.24, 2.45) is 5.41 Å². The number of ether oxygens (including phenoxy) is 2. The summed E-state index contributed by atoms with van der Waals surface area (Å²) in [5.41, 5.74) is 5.03. The van der Waals surface area contributed by atoms with E-state index < -0.39 is 35.7 Å². The van der Waals surface area contributed by atoms with Gasteiger partial charge in [0, 0.05) is 52.6 Å². The number of alkyl carbamates (subject to hydrolysis) is 1. The number of anilines is 1. The number of carbonyl (C=O) groups is 3. The lowest BCUT2D eigenvalue weighted by atomic mass is 9.91. The number of pyridine rings is 1. The Labute approximate surface area is 402 Å². The van der Waals surface area contributed by atoms with Crippen LogP contribution in [0.3, 0.4) is 0 Å². The SMILES string of the molecule is C=C(CC(C)(C)C)NCCC[C@H](NC(=O)OC(C)(C)C)C(=O)N[C@@H](C)C(=O)OCCCc1ccc(-c2c(C#N)c(SCc3csc(-c4ccc(Cl)cc4)n3)nc(N3CCCC3)c2C#N)cc1. The standard InChI is InChI=1S/C50H61ClN8O5S2/c1-32(27-49(3,4)5)54-23-11-14-41(57-48(62)64-50(6,7)8)44(60)55-33(2)47(61)63-26-12-13-34-15-17-35(18-16-34)42-39(28-52)43(59-24-9-10-25-59)58-46(40(42)29-53)66-31-38-30-65-45(56-38)36-19-21-37(51)22-20-36/h15-22,30,33,41,54H,1,9-14,23-27,31H2,2-8H3,(H,55,60)(H,57,62)/t33-,41-/m0/s1. The van der Waals surface area contributed by atoms with Gasteiger partial charge >= 0.3 is 12.1 Å². The van der Waals surface area contributed by atoms with Crippen molar-refractivity contribution in [3.8, 4) is 33.8 Å². The van der Waals surface area contributed by atoms with Crippen molar-refractivity contribution in [3.63, 3.8) is 0 Å². The lowest BCUT2D eigenvalue weighted by Crippen LogP contribution is -2.52. The van der Waals surface area contributed by atoms with Crippen LogP contribution in [0.15, 0.2) is 71.2 Å². The number of esters is 1. The molecule has 1 fully saturated rings. The van der Waals surface area contributed by atoms with Crippen molar-refractivity contribution in [1.82, 2.24) is 25.9 Å². The van der Waals surface area contributed by atoms with Crippen LogP contribution < -0.4 is 20.9 Å². The number of nitrogens with one attached hydrogen (secondary N) is 3. The van der Waals surface area contributed by atoms with Gasteiger partial charge in [0.15, 0.2) is 0 Å². The number of benzene rings is 2. The molecule has 2 aromatic carbocycles. The average molecular weight is 954 g/mol. The fourth-order valence-corrected chi connectivity index (χ4v) is 9.26. The van der Waals surface area contributed by atoms with Crippen LogP contribution in [0, 0.1) is 28.1 Å². The van der Waals surface area contributed by atoms with Gasteiger partial charge in [0.25, 0.3) is 0 Å². The van der Waals surface area contributed by atoms with Crippen LogP contribution in [0.2, 0.25) is 5.02 Å². The molecular formula is C50H61ClN8O5S2. The predicted octanol–water partition coefficient (Wildman–Crippen LogP) is 10.4. The first-order chi connectivity index (χ1) is 31.3. The number of allylic oxidation sites excluding steroid dienone is 1. The summed E-state index contributed by atoms with van der Waals surface area (Å²) in [7, 11) is 0. The normalized spacial score (nSPS) is 13.5. The number of aromatic nitrogens is 2. The van der Waals surface area contributed by atoms with Gasteiger partial charge in [0.05, 0.1) is 17.9 Å². The highest BCUT2D eigenvalue weighted by atomic mass is 35.5. The van der Waals surface area contributed by atoms with Crippen molar-refractivity contribution < 1.29 is 23.9 Å². The smallest absolute Gasteiger partial charge is 0.408 e. The third-order valence-corrected chi connectivity index (χ3v) is 12.6. The number of hydrogen-bond acceptors (Lipinski definition) is 13. The molecule has 66 heavy (non-hydrogen) atoms. The first-order valence-corrected chi connectivity index (χ1v) is 24.5. The minimum Gasteiger partial charge on any atom is -0.464 e. The molecule has 0 spiro atoms. The molecule has 1 aliphatic heterocycles. The summed E-state index contributed by atoms with van der Waals surface area (Å²) in [6.07, 6.45) is 4.02. The zero-order valence-corrected chi connectivity index (χ0v) is 41.4. The van der Waals surface area contributed by atoms with Crippen molar-refractivity contribution in [3.05, 3.63) is 93.6 Å². The molecule has 3 heterocycles. The number of nitriles is 2. The van der Waals surface area contributed by atoms with Crippen LogP contribution in [0.25, 0.3) is 21.7 Å². The van der Waals surface area contributed by atoms with Gasteiger partial charge in [-0.1, -0.05) is 87.1 Å². The monoisotopic (exact) mass is 952 g/mol. The van der Waals surface area contributed by atoms with Gasteiger partial charge in [-0.15, -0.1) is 11.3 Å². The minimum absolute atomic E-state index is 0.0781. The van der Waals surface area contributed by atoms with E-state index in [0.717, 1.165) is 65.4 Å². The van der Waals surface area contributed by atoms with Gasteiger partial charge in [-0.3, -0.25) is 4.79 Å². The van der Waals surface area contributed by atoms with Crippen LogP contribution in [-0.4, -0.2) is 71.9 Å². The Hall–Kier alpha value is -5.61. The zero-order chi connectivity index (χ0) is 48.0. The minimum atomic E-state index is -0.963. The average Bonchev–Trinajstić information content (AvgIpc) is 3.98. The molecule has 2 amide bonds. The maximum absolute atomic E-state index is 13.4. The van der Waals surface area contributed by atoms with Crippen LogP contribution >= 0.6 is 34.7 Å². The Bertz CT molecular complexity index is 2410. The molecule has 13 nitrogen and oxygen atoms in total. The Morgan fingerprint density at radius 3 is 2.24 bits per heavy atom. The zero-order valence-electron chi connectivity index (χ0n) is 39.0. The van der Waals surface area contributed by atoms with E-state index in [1.165, 1.54) is 11.8 Å². The Morgan fingerprint density at radius 2 is 1.61 bits per heavy atom. The molecule has 3 N–H and O–H groups in total. The van der Waals surface area contributed by atoms with E-state index in [0.29, 0.717) is 70.5 Å². The van der Waals surface area contributed by atoms with E-state index in [9.17, 15) is 24.9 Å². The van der Waals surface area contributed by atoms with E-state index in [-0.39, 0.29) is 12.0 Å². The van der Waals surface area contributed by atoms with Crippen LogP contribution in [0.4, 0.5) is 10.6 Å². The maximum Gasteiger partial charge on any atom is 0.408 e. The number of thiazole rings is 1.